The Hall–Kier alpha value is -1.05. The van der Waals surface area contributed by atoms with E-state index in [0.717, 1.165) is 10.9 Å². The molecular formula is C16H17ClS. The molecule has 0 spiro atoms. The average molecular weight is 277 g/mol. The maximum absolute atomic E-state index is 5.86. The Morgan fingerprint density at radius 2 is 1.78 bits per heavy atom. The second-order valence-electron chi connectivity index (χ2n) is 4.79. The van der Waals surface area contributed by atoms with Crippen LogP contribution in [0.3, 0.4) is 0 Å². The Balaban J connectivity index is 2.04. The molecule has 1 aromatic heterocycles. The Kier molecular flexibility index (Phi) is 4.62. The topological polar surface area (TPSA) is 0 Å². The van der Waals surface area contributed by atoms with Gasteiger partial charge >= 0.3 is 0 Å². The first-order valence-electron chi connectivity index (χ1n) is 6.16. The largest absolute Gasteiger partial charge is 0.141 e. The van der Waals surface area contributed by atoms with E-state index in [4.69, 9.17) is 11.6 Å². The molecule has 0 aliphatic rings. The number of hydrogen-bond donors (Lipinski definition) is 0. The van der Waals surface area contributed by atoms with Gasteiger partial charge in [-0.05, 0) is 48.2 Å². The number of thiophene rings is 1. The lowest BCUT2D eigenvalue weighted by atomic mass is 10.1. The molecule has 0 nitrogen and oxygen atoms in total. The standard InChI is InChI=1S/C16H17ClS/c1-12(2)11-16-10-9-15(18-16)8-5-13-3-6-14(17)7-4-13/h3-10,12H,11H2,1-2H3/b8-5+. The van der Waals surface area contributed by atoms with Gasteiger partial charge < -0.3 is 0 Å². The molecule has 0 N–H and O–H groups in total. The van der Waals surface area contributed by atoms with Crippen LogP contribution in [0.25, 0.3) is 12.2 Å². The number of hydrogen-bond acceptors (Lipinski definition) is 1. The molecule has 0 amide bonds. The number of halogens is 1. The minimum absolute atomic E-state index is 0.719. The van der Waals surface area contributed by atoms with Gasteiger partial charge in [0.25, 0.3) is 0 Å². The summed E-state index contributed by atoms with van der Waals surface area (Å²) in [5.41, 5.74) is 1.18. The zero-order valence-corrected chi connectivity index (χ0v) is 12.3. The molecule has 0 radical (unpaired) electrons. The third-order valence-corrected chi connectivity index (χ3v) is 3.93. The molecule has 1 heterocycles. The lowest BCUT2D eigenvalue weighted by Crippen LogP contribution is -1.89. The molecule has 0 aliphatic heterocycles. The summed E-state index contributed by atoms with van der Waals surface area (Å²) >= 11 is 7.73. The zero-order valence-electron chi connectivity index (χ0n) is 10.7. The van der Waals surface area contributed by atoms with Gasteiger partial charge in [0.05, 0.1) is 0 Å². The summed E-state index contributed by atoms with van der Waals surface area (Å²) < 4.78 is 0. The van der Waals surface area contributed by atoms with Crippen molar-refractivity contribution in [3.63, 3.8) is 0 Å². The van der Waals surface area contributed by atoms with Crippen molar-refractivity contribution in [1.82, 2.24) is 0 Å². The fourth-order valence-corrected chi connectivity index (χ4v) is 3.00. The van der Waals surface area contributed by atoms with E-state index in [0.29, 0.717) is 0 Å². The highest BCUT2D eigenvalue weighted by molar-refractivity contribution is 7.12. The molecule has 0 saturated heterocycles. The Bertz CT molecular complexity index is 520. The van der Waals surface area contributed by atoms with Gasteiger partial charge in [-0.1, -0.05) is 43.7 Å². The van der Waals surface area contributed by atoms with Crippen molar-refractivity contribution >= 4 is 35.1 Å². The molecule has 18 heavy (non-hydrogen) atoms. The van der Waals surface area contributed by atoms with Crippen LogP contribution >= 0.6 is 22.9 Å². The monoisotopic (exact) mass is 276 g/mol. The normalized spacial score (nSPS) is 11.6. The highest BCUT2D eigenvalue weighted by atomic mass is 35.5. The Morgan fingerprint density at radius 3 is 2.44 bits per heavy atom. The van der Waals surface area contributed by atoms with Crippen LogP contribution in [0.1, 0.15) is 29.2 Å². The molecule has 0 saturated carbocycles. The predicted molar refractivity (Wildman–Crippen MR) is 83.2 cm³/mol. The molecular weight excluding hydrogens is 260 g/mol. The first kappa shape index (κ1) is 13.4. The fourth-order valence-electron chi connectivity index (χ4n) is 1.75. The smallest absolute Gasteiger partial charge is 0.0406 e. The molecule has 0 bridgehead atoms. The van der Waals surface area contributed by atoms with E-state index in [1.54, 1.807) is 0 Å². The molecule has 2 aromatic rings. The van der Waals surface area contributed by atoms with Gasteiger partial charge in [-0.2, -0.15) is 0 Å². The van der Waals surface area contributed by atoms with Crippen LogP contribution in [0.4, 0.5) is 0 Å². The van der Waals surface area contributed by atoms with Gasteiger partial charge in [0.1, 0.15) is 0 Å². The summed E-state index contributed by atoms with van der Waals surface area (Å²) in [6.45, 7) is 4.51. The average Bonchev–Trinajstić information content (AvgIpc) is 2.75. The molecule has 2 rings (SSSR count). The van der Waals surface area contributed by atoms with Gasteiger partial charge in [0.2, 0.25) is 0 Å². The van der Waals surface area contributed by atoms with Crippen LogP contribution < -0.4 is 0 Å². The quantitative estimate of drug-likeness (QED) is 0.665. The van der Waals surface area contributed by atoms with Crippen LogP contribution in [0.2, 0.25) is 5.02 Å². The van der Waals surface area contributed by atoms with Gasteiger partial charge in [0.15, 0.2) is 0 Å². The highest BCUT2D eigenvalue weighted by Crippen LogP contribution is 2.22. The molecule has 0 aliphatic carbocycles. The van der Waals surface area contributed by atoms with Crippen LogP contribution in [-0.4, -0.2) is 0 Å². The fraction of sp³-hybridized carbons (Fsp3) is 0.250. The molecule has 0 fully saturated rings. The molecule has 0 unspecified atom stereocenters. The summed E-state index contributed by atoms with van der Waals surface area (Å²) in [6, 6.07) is 12.3. The first-order valence-corrected chi connectivity index (χ1v) is 7.35. The van der Waals surface area contributed by atoms with Crippen LogP contribution in [0.5, 0.6) is 0 Å². The van der Waals surface area contributed by atoms with Crippen molar-refractivity contribution in [2.75, 3.05) is 0 Å². The summed E-state index contributed by atoms with van der Waals surface area (Å²) in [7, 11) is 0. The van der Waals surface area contributed by atoms with E-state index in [1.165, 1.54) is 21.7 Å². The molecule has 2 heteroatoms. The predicted octanol–water partition coefficient (Wildman–Crippen LogP) is 5.77. The first-order chi connectivity index (χ1) is 8.63. The van der Waals surface area contributed by atoms with Crippen LogP contribution in [0.15, 0.2) is 36.4 Å². The Labute approximate surface area is 118 Å². The third kappa shape index (κ3) is 4.01. The zero-order chi connectivity index (χ0) is 13.0. The molecule has 0 atom stereocenters. The van der Waals surface area contributed by atoms with E-state index >= 15 is 0 Å². The van der Waals surface area contributed by atoms with Crippen molar-refractivity contribution in [1.29, 1.82) is 0 Å². The second-order valence-corrected chi connectivity index (χ2v) is 6.42. The van der Waals surface area contributed by atoms with Crippen molar-refractivity contribution in [2.24, 2.45) is 5.92 Å². The second kappa shape index (κ2) is 6.21. The van der Waals surface area contributed by atoms with Crippen molar-refractivity contribution in [3.05, 3.63) is 56.7 Å². The molecule has 94 valence electrons. The van der Waals surface area contributed by atoms with E-state index in [9.17, 15) is 0 Å². The van der Waals surface area contributed by atoms with Crippen molar-refractivity contribution in [2.45, 2.75) is 20.3 Å². The minimum Gasteiger partial charge on any atom is -0.141 e. The van der Waals surface area contributed by atoms with E-state index in [2.05, 4.69) is 38.1 Å². The van der Waals surface area contributed by atoms with Crippen LogP contribution in [-0.2, 0) is 6.42 Å². The maximum atomic E-state index is 5.86. The highest BCUT2D eigenvalue weighted by Gasteiger charge is 2.00. The summed E-state index contributed by atoms with van der Waals surface area (Å²) in [4.78, 5) is 2.77. The maximum Gasteiger partial charge on any atom is 0.0406 e. The van der Waals surface area contributed by atoms with Gasteiger partial charge in [-0.25, -0.2) is 0 Å². The molecule has 1 aromatic carbocycles. The van der Waals surface area contributed by atoms with Crippen molar-refractivity contribution in [3.8, 4) is 0 Å². The van der Waals surface area contributed by atoms with Crippen LogP contribution in [0, 0.1) is 5.92 Å². The van der Waals surface area contributed by atoms with Gasteiger partial charge in [-0.15, -0.1) is 11.3 Å². The lowest BCUT2D eigenvalue weighted by Gasteiger charge is -1.99. The van der Waals surface area contributed by atoms with E-state index in [-0.39, 0.29) is 0 Å². The van der Waals surface area contributed by atoms with E-state index < -0.39 is 0 Å². The number of rotatable bonds is 4. The summed E-state index contributed by atoms with van der Waals surface area (Å²) in [5, 5.41) is 0.780. The Morgan fingerprint density at radius 1 is 1.06 bits per heavy atom. The van der Waals surface area contributed by atoms with Crippen molar-refractivity contribution < 1.29 is 0 Å². The van der Waals surface area contributed by atoms with Gasteiger partial charge in [-0.3, -0.25) is 0 Å². The third-order valence-electron chi connectivity index (χ3n) is 2.60. The van der Waals surface area contributed by atoms with Gasteiger partial charge in [0, 0.05) is 14.8 Å². The summed E-state index contributed by atoms with van der Waals surface area (Å²) in [6.07, 6.45) is 5.46. The van der Waals surface area contributed by atoms with E-state index in [1.807, 2.05) is 35.6 Å². The number of benzene rings is 1. The SMILES string of the molecule is CC(C)Cc1ccc(/C=C/c2ccc(Cl)cc2)s1. The minimum atomic E-state index is 0.719. The summed E-state index contributed by atoms with van der Waals surface area (Å²) in [5.74, 6) is 0.719. The lowest BCUT2D eigenvalue weighted by molar-refractivity contribution is 0.654.